The van der Waals surface area contributed by atoms with Crippen LogP contribution in [0.3, 0.4) is 0 Å². The van der Waals surface area contributed by atoms with Crippen LogP contribution in [0.15, 0.2) is 22.2 Å². The van der Waals surface area contributed by atoms with Crippen molar-refractivity contribution in [2.45, 2.75) is 0 Å². The number of benzene rings is 1. The first-order chi connectivity index (χ1) is 7.08. The van der Waals surface area contributed by atoms with Crippen molar-refractivity contribution in [1.29, 1.82) is 10.5 Å². The zero-order valence-corrected chi connectivity index (χ0v) is 8.92. The van der Waals surface area contributed by atoms with E-state index in [-0.39, 0.29) is 21.4 Å². The second kappa shape index (κ2) is 4.59. The van der Waals surface area contributed by atoms with Gasteiger partial charge in [0, 0.05) is 5.56 Å². The fourth-order valence-electron chi connectivity index (χ4n) is 0.912. The molecule has 0 aliphatic rings. The van der Waals surface area contributed by atoms with Gasteiger partial charge in [0.25, 0.3) is 0 Å². The van der Waals surface area contributed by atoms with Crippen molar-refractivity contribution >= 4 is 22.0 Å². The van der Waals surface area contributed by atoms with E-state index in [1.54, 1.807) is 12.1 Å². The first-order valence-electron chi connectivity index (χ1n) is 3.78. The van der Waals surface area contributed by atoms with Crippen LogP contribution in [0, 0.1) is 28.5 Å². The van der Waals surface area contributed by atoms with Crippen molar-refractivity contribution in [2.24, 2.45) is 0 Å². The van der Waals surface area contributed by atoms with Crippen molar-refractivity contribution < 1.29 is 9.50 Å². The number of allylic oxidation sites excluding steroid dienone is 1. The van der Waals surface area contributed by atoms with Gasteiger partial charge in [0.05, 0.1) is 4.47 Å². The van der Waals surface area contributed by atoms with Gasteiger partial charge < -0.3 is 5.11 Å². The smallest absolute Gasteiger partial charge is 0.138 e. The Morgan fingerprint density at radius 2 is 2.00 bits per heavy atom. The van der Waals surface area contributed by atoms with E-state index in [1.165, 1.54) is 0 Å². The maximum absolute atomic E-state index is 13.1. The predicted molar refractivity (Wildman–Crippen MR) is 55.0 cm³/mol. The van der Waals surface area contributed by atoms with Crippen LogP contribution in [0.2, 0.25) is 0 Å². The largest absolute Gasteiger partial charge is 0.507 e. The van der Waals surface area contributed by atoms with Gasteiger partial charge in [-0.3, -0.25) is 0 Å². The molecule has 0 fully saturated rings. The lowest BCUT2D eigenvalue weighted by molar-refractivity contribution is 0.471. The van der Waals surface area contributed by atoms with Gasteiger partial charge in [0.1, 0.15) is 29.3 Å². The number of nitriles is 2. The van der Waals surface area contributed by atoms with E-state index in [9.17, 15) is 9.50 Å². The molecule has 0 radical (unpaired) electrons. The number of aromatic hydroxyl groups is 1. The number of hydrogen-bond acceptors (Lipinski definition) is 3. The van der Waals surface area contributed by atoms with E-state index in [0.29, 0.717) is 0 Å². The summed E-state index contributed by atoms with van der Waals surface area (Å²) in [6, 6.07) is 5.43. The molecule has 0 amide bonds. The summed E-state index contributed by atoms with van der Waals surface area (Å²) in [5.41, 5.74) is -0.110. The van der Waals surface area contributed by atoms with Gasteiger partial charge in [-0.05, 0) is 34.1 Å². The standard InChI is InChI=1S/C10H4BrFN2O/c11-8-3-10(15)7(2-9(8)12)1-6(4-13)5-14/h1-3,15H. The van der Waals surface area contributed by atoms with Gasteiger partial charge in [0.2, 0.25) is 0 Å². The molecule has 1 aromatic carbocycles. The lowest BCUT2D eigenvalue weighted by Crippen LogP contribution is -1.83. The fraction of sp³-hybridized carbons (Fsp3) is 0. The summed E-state index contributed by atoms with van der Waals surface area (Å²) in [4.78, 5) is 0. The number of rotatable bonds is 1. The maximum Gasteiger partial charge on any atom is 0.138 e. The molecule has 0 heterocycles. The highest BCUT2D eigenvalue weighted by Gasteiger charge is 2.06. The molecule has 0 spiro atoms. The molecule has 0 aliphatic heterocycles. The molecular formula is C10H4BrFN2O. The molecule has 5 heteroatoms. The molecule has 1 N–H and O–H groups in total. The number of phenolic OH excluding ortho intramolecular Hbond substituents is 1. The Bertz CT molecular complexity index is 495. The summed E-state index contributed by atoms with van der Waals surface area (Å²) < 4.78 is 13.2. The van der Waals surface area contributed by atoms with E-state index in [2.05, 4.69) is 15.9 Å². The van der Waals surface area contributed by atoms with Gasteiger partial charge in [-0.15, -0.1) is 0 Å². The van der Waals surface area contributed by atoms with Crippen LogP contribution in [0.25, 0.3) is 6.08 Å². The number of halogens is 2. The average Bonchev–Trinajstić information content (AvgIpc) is 2.21. The number of hydrogen-bond donors (Lipinski definition) is 1. The van der Waals surface area contributed by atoms with Gasteiger partial charge >= 0.3 is 0 Å². The highest BCUT2D eigenvalue weighted by atomic mass is 79.9. The molecule has 1 aromatic rings. The monoisotopic (exact) mass is 266 g/mol. The third-order valence-electron chi connectivity index (χ3n) is 1.61. The second-order valence-corrected chi connectivity index (χ2v) is 3.46. The molecular weight excluding hydrogens is 263 g/mol. The van der Waals surface area contributed by atoms with Crippen molar-refractivity contribution in [3.63, 3.8) is 0 Å². The highest BCUT2D eigenvalue weighted by Crippen LogP contribution is 2.27. The van der Waals surface area contributed by atoms with Crippen molar-refractivity contribution in [2.75, 3.05) is 0 Å². The zero-order valence-electron chi connectivity index (χ0n) is 7.33. The van der Waals surface area contributed by atoms with Crippen molar-refractivity contribution in [3.8, 4) is 17.9 Å². The minimum atomic E-state index is -0.575. The SMILES string of the molecule is N#CC(C#N)=Cc1cc(F)c(Br)cc1O. The quantitative estimate of drug-likeness (QED) is 0.795. The molecule has 0 unspecified atom stereocenters. The van der Waals surface area contributed by atoms with Crippen LogP contribution >= 0.6 is 15.9 Å². The highest BCUT2D eigenvalue weighted by molar-refractivity contribution is 9.10. The third-order valence-corrected chi connectivity index (χ3v) is 2.22. The van der Waals surface area contributed by atoms with Crippen molar-refractivity contribution in [3.05, 3.63) is 33.6 Å². The first kappa shape index (κ1) is 11.2. The Morgan fingerprint density at radius 1 is 1.40 bits per heavy atom. The van der Waals surface area contributed by atoms with E-state index >= 15 is 0 Å². The number of nitrogens with zero attached hydrogens (tertiary/aromatic N) is 2. The van der Waals surface area contributed by atoms with Gasteiger partial charge in [-0.2, -0.15) is 10.5 Å². The zero-order chi connectivity index (χ0) is 11.4. The first-order valence-corrected chi connectivity index (χ1v) is 4.57. The molecule has 1 rings (SSSR count). The third kappa shape index (κ3) is 2.55. The Kier molecular flexibility index (Phi) is 3.43. The molecule has 74 valence electrons. The van der Waals surface area contributed by atoms with Crippen LogP contribution in [-0.4, -0.2) is 5.11 Å². The molecule has 0 aromatic heterocycles. The Balaban J connectivity index is 3.30. The molecule has 0 bridgehead atoms. The summed E-state index contributed by atoms with van der Waals surface area (Å²) >= 11 is 2.89. The number of phenols is 1. The van der Waals surface area contributed by atoms with E-state index < -0.39 is 5.82 Å². The van der Waals surface area contributed by atoms with E-state index in [1.807, 2.05) is 0 Å². The van der Waals surface area contributed by atoms with Crippen LogP contribution in [0.1, 0.15) is 5.56 Å². The minimum Gasteiger partial charge on any atom is -0.507 e. The maximum atomic E-state index is 13.1. The summed E-state index contributed by atoms with van der Waals surface area (Å²) in [5.74, 6) is -0.777. The van der Waals surface area contributed by atoms with Crippen LogP contribution < -0.4 is 0 Å². The lowest BCUT2D eigenvalue weighted by Gasteiger charge is -2.00. The Labute approximate surface area is 93.8 Å². The summed E-state index contributed by atoms with van der Waals surface area (Å²) in [6.07, 6.45) is 1.12. The summed E-state index contributed by atoms with van der Waals surface area (Å²) in [5, 5.41) is 26.3. The fourth-order valence-corrected chi connectivity index (χ4v) is 1.24. The van der Waals surface area contributed by atoms with Crippen LogP contribution in [0.5, 0.6) is 5.75 Å². The lowest BCUT2D eigenvalue weighted by atomic mass is 10.1. The minimum absolute atomic E-state index is 0.0915. The van der Waals surface area contributed by atoms with Crippen molar-refractivity contribution in [1.82, 2.24) is 0 Å². The molecule has 15 heavy (non-hydrogen) atoms. The van der Waals surface area contributed by atoms with Gasteiger partial charge in [-0.25, -0.2) is 4.39 Å². The second-order valence-electron chi connectivity index (χ2n) is 2.61. The van der Waals surface area contributed by atoms with E-state index in [4.69, 9.17) is 10.5 Å². The molecule has 0 saturated carbocycles. The Morgan fingerprint density at radius 3 is 2.53 bits per heavy atom. The predicted octanol–water partition coefficient (Wildman–Crippen LogP) is 2.72. The molecule has 0 aliphatic carbocycles. The van der Waals surface area contributed by atoms with Gasteiger partial charge in [-0.1, -0.05) is 0 Å². The normalized spacial score (nSPS) is 8.80. The molecule has 0 saturated heterocycles. The molecule has 0 atom stereocenters. The van der Waals surface area contributed by atoms with Gasteiger partial charge in [0.15, 0.2) is 0 Å². The summed E-state index contributed by atoms with van der Waals surface area (Å²) in [6.45, 7) is 0. The summed E-state index contributed by atoms with van der Waals surface area (Å²) in [7, 11) is 0. The van der Waals surface area contributed by atoms with E-state index in [0.717, 1.165) is 18.2 Å². The average molecular weight is 267 g/mol. The Hall–Kier alpha value is -1.85. The molecule has 3 nitrogen and oxygen atoms in total. The van der Waals surface area contributed by atoms with Crippen LogP contribution in [-0.2, 0) is 0 Å². The van der Waals surface area contributed by atoms with Crippen LogP contribution in [0.4, 0.5) is 4.39 Å². The topological polar surface area (TPSA) is 67.8 Å².